The molecule has 0 radical (unpaired) electrons. The number of nitrogens with zero attached hydrogens (tertiary/aromatic N) is 3. The fraction of sp³-hybridized carbons (Fsp3) is 0.222. The van der Waals surface area contributed by atoms with Crippen molar-refractivity contribution < 1.29 is 5.11 Å². The van der Waals surface area contributed by atoms with Gasteiger partial charge in [0.15, 0.2) is 0 Å². The van der Waals surface area contributed by atoms with Gasteiger partial charge < -0.3 is 10.4 Å². The number of nitrogens with one attached hydrogen (secondary N) is 1. The zero-order chi connectivity index (χ0) is 10.7. The van der Waals surface area contributed by atoms with E-state index in [1.54, 1.807) is 12.1 Å². The Kier molecular flexibility index (Phi) is 2.77. The van der Waals surface area contributed by atoms with Gasteiger partial charge in [0.25, 0.3) is 0 Å². The van der Waals surface area contributed by atoms with Gasteiger partial charge in [-0.3, -0.25) is 4.98 Å². The number of hydrogen-bond donors (Lipinski definition) is 2. The summed E-state index contributed by atoms with van der Waals surface area (Å²) in [5.41, 5.74) is 0.848. The zero-order valence-electron chi connectivity index (χ0n) is 8.14. The number of aromatic hydroxyl groups is 1. The molecule has 2 heterocycles. The monoisotopic (exact) mass is 222 g/mol. The fourth-order valence-corrected chi connectivity index (χ4v) is 1.64. The van der Waals surface area contributed by atoms with Crippen molar-refractivity contribution in [2.75, 3.05) is 5.32 Å². The van der Waals surface area contributed by atoms with E-state index in [9.17, 15) is 0 Å². The van der Waals surface area contributed by atoms with Gasteiger partial charge in [0.2, 0.25) is 5.13 Å². The van der Waals surface area contributed by atoms with E-state index in [0.717, 1.165) is 15.8 Å². The number of hydrogen-bond acceptors (Lipinski definition) is 6. The normalized spacial score (nSPS) is 10.2. The molecule has 2 aromatic heterocycles. The molecule has 0 aliphatic rings. The molecule has 0 bridgehead atoms. The van der Waals surface area contributed by atoms with Gasteiger partial charge in [0, 0.05) is 0 Å². The predicted octanol–water partition coefficient (Wildman–Crippen LogP) is 1.56. The molecule has 0 saturated heterocycles. The van der Waals surface area contributed by atoms with Crippen LogP contribution >= 0.6 is 11.3 Å². The Morgan fingerprint density at radius 3 is 2.87 bits per heavy atom. The topological polar surface area (TPSA) is 70.9 Å². The lowest BCUT2D eigenvalue weighted by Gasteiger charge is -2.00. The van der Waals surface area contributed by atoms with E-state index in [2.05, 4.69) is 20.5 Å². The Labute approximate surface area is 90.8 Å². The van der Waals surface area contributed by atoms with E-state index in [1.165, 1.54) is 17.5 Å². The molecule has 15 heavy (non-hydrogen) atoms. The molecule has 0 unspecified atom stereocenters. The number of rotatable bonds is 3. The average molecular weight is 222 g/mol. The van der Waals surface area contributed by atoms with E-state index >= 15 is 0 Å². The molecule has 0 aliphatic carbocycles. The SMILES string of the molecule is Cc1nnc(NCc2ccc(O)cn2)s1. The Morgan fingerprint density at radius 2 is 2.27 bits per heavy atom. The quantitative estimate of drug-likeness (QED) is 0.824. The minimum absolute atomic E-state index is 0.172. The summed E-state index contributed by atoms with van der Waals surface area (Å²) in [5, 5.41) is 21.7. The van der Waals surface area contributed by atoms with Crippen molar-refractivity contribution in [3.63, 3.8) is 0 Å². The smallest absolute Gasteiger partial charge is 0.205 e. The van der Waals surface area contributed by atoms with Crippen molar-refractivity contribution in [1.29, 1.82) is 0 Å². The van der Waals surface area contributed by atoms with Gasteiger partial charge >= 0.3 is 0 Å². The molecule has 2 aromatic rings. The van der Waals surface area contributed by atoms with Crippen molar-refractivity contribution >= 4 is 16.5 Å². The van der Waals surface area contributed by atoms with Gasteiger partial charge in [-0.25, -0.2) is 0 Å². The Morgan fingerprint density at radius 1 is 1.40 bits per heavy atom. The summed E-state index contributed by atoms with van der Waals surface area (Å²) in [6, 6.07) is 3.37. The standard InChI is InChI=1S/C9H10N4OS/c1-6-12-13-9(15-6)11-4-7-2-3-8(14)5-10-7/h2-3,5,14H,4H2,1H3,(H,11,13). The van der Waals surface area contributed by atoms with Crippen LogP contribution in [-0.4, -0.2) is 20.3 Å². The van der Waals surface area contributed by atoms with Crippen LogP contribution in [0.15, 0.2) is 18.3 Å². The van der Waals surface area contributed by atoms with E-state index in [-0.39, 0.29) is 5.75 Å². The maximum atomic E-state index is 9.04. The van der Waals surface area contributed by atoms with Gasteiger partial charge in [-0.2, -0.15) is 0 Å². The fourth-order valence-electron chi connectivity index (χ4n) is 1.06. The molecule has 78 valence electrons. The molecule has 5 nitrogen and oxygen atoms in total. The van der Waals surface area contributed by atoms with Crippen molar-refractivity contribution in [1.82, 2.24) is 15.2 Å². The van der Waals surface area contributed by atoms with Gasteiger partial charge in [0.1, 0.15) is 10.8 Å². The average Bonchev–Trinajstić information content (AvgIpc) is 2.64. The van der Waals surface area contributed by atoms with Crippen LogP contribution in [0.4, 0.5) is 5.13 Å². The molecule has 6 heteroatoms. The third-order valence-corrected chi connectivity index (χ3v) is 2.55. The molecular weight excluding hydrogens is 212 g/mol. The van der Waals surface area contributed by atoms with E-state index in [1.807, 2.05) is 6.92 Å². The van der Waals surface area contributed by atoms with E-state index in [0.29, 0.717) is 6.54 Å². The molecule has 0 atom stereocenters. The van der Waals surface area contributed by atoms with Gasteiger partial charge in [-0.1, -0.05) is 11.3 Å². The van der Waals surface area contributed by atoms with Crippen molar-refractivity contribution in [2.45, 2.75) is 13.5 Å². The van der Waals surface area contributed by atoms with Crippen LogP contribution in [0.2, 0.25) is 0 Å². The summed E-state index contributed by atoms with van der Waals surface area (Å²) in [6.07, 6.45) is 1.42. The highest BCUT2D eigenvalue weighted by Crippen LogP contribution is 2.14. The van der Waals surface area contributed by atoms with Crippen molar-refractivity contribution in [3.05, 3.63) is 29.0 Å². The first-order valence-corrected chi connectivity index (χ1v) is 5.23. The van der Waals surface area contributed by atoms with Crippen molar-refractivity contribution in [2.24, 2.45) is 0 Å². The Hall–Kier alpha value is -1.69. The van der Waals surface area contributed by atoms with Crippen LogP contribution in [0.25, 0.3) is 0 Å². The highest BCUT2D eigenvalue weighted by molar-refractivity contribution is 7.15. The van der Waals surface area contributed by atoms with Crippen LogP contribution < -0.4 is 5.32 Å². The molecule has 0 fully saturated rings. The van der Waals surface area contributed by atoms with Gasteiger partial charge in [0.05, 0.1) is 18.4 Å². The van der Waals surface area contributed by atoms with Crippen LogP contribution in [0.3, 0.4) is 0 Å². The molecule has 0 amide bonds. The van der Waals surface area contributed by atoms with Crippen LogP contribution in [0, 0.1) is 6.92 Å². The van der Waals surface area contributed by atoms with Crippen LogP contribution in [0.5, 0.6) is 5.75 Å². The minimum Gasteiger partial charge on any atom is -0.506 e. The third-order valence-electron chi connectivity index (χ3n) is 1.76. The maximum absolute atomic E-state index is 9.04. The predicted molar refractivity (Wildman–Crippen MR) is 57.9 cm³/mol. The summed E-state index contributed by atoms with van der Waals surface area (Å²) in [7, 11) is 0. The third kappa shape index (κ3) is 2.63. The first-order valence-electron chi connectivity index (χ1n) is 4.42. The van der Waals surface area contributed by atoms with Crippen LogP contribution in [0.1, 0.15) is 10.7 Å². The first-order chi connectivity index (χ1) is 7.24. The molecule has 2 rings (SSSR count). The summed E-state index contributed by atoms with van der Waals surface area (Å²) in [4.78, 5) is 4.04. The van der Waals surface area contributed by atoms with E-state index < -0.39 is 0 Å². The Balaban J connectivity index is 1.96. The molecular formula is C9H10N4OS. The zero-order valence-corrected chi connectivity index (χ0v) is 8.95. The largest absolute Gasteiger partial charge is 0.506 e. The summed E-state index contributed by atoms with van der Waals surface area (Å²) in [5.74, 6) is 0.172. The Bertz CT molecular complexity index is 440. The number of pyridine rings is 1. The van der Waals surface area contributed by atoms with Gasteiger partial charge in [-0.15, -0.1) is 10.2 Å². The highest BCUT2D eigenvalue weighted by Gasteiger charge is 2.00. The number of anilines is 1. The lowest BCUT2D eigenvalue weighted by atomic mass is 10.3. The molecule has 0 aliphatic heterocycles. The lowest BCUT2D eigenvalue weighted by Crippen LogP contribution is -2.00. The molecule has 2 N–H and O–H groups in total. The second-order valence-electron chi connectivity index (χ2n) is 2.99. The first kappa shape index (κ1) is 9.85. The summed E-state index contributed by atoms with van der Waals surface area (Å²) in [6.45, 7) is 2.48. The lowest BCUT2D eigenvalue weighted by molar-refractivity contribution is 0.472. The minimum atomic E-state index is 0.172. The second kappa shape index (κ2) is 4.22. The number of aryl methyl sites for hydroxylation is 1. The molecule has 0 saturated carbocycles. The summed E-state index contributed by atoms with van der Waals surface area (Å²) < 4.78 is 0. The second-order valence-corrected chi connectivity index (χ2v) is 4.17. The summed E-state index contributed by atoms with van der Waals surface area (Å²) >= 11 is 1.50. The van der Waals surface area contributed by atoms with Crippen LogP contribution in [-0.2, 0) is 6.54 Å². The maximum Gasteiger partial charge on any atom is 0.205 e. The van der Waals surface area contributed by atoms with Gasteiger partial charge in [-0.05, 0) is 19.1 Å². The molecule has 0 spiro atoms. The number of aromatic nitrogens is 3. The molecule has 0 aromatic carbocycles. The van der Waals surface area contributed by atoms with Crippen molar-refractivity contribution in [3.8, 4) is 5.75 Å². The van der Waals surface area contributed by atoms with E-state index in [4.69, 9.17) is 5.11 Å². The highest BCUT2D eigenvalue weighted by atomic mass is 32.1.